The van der Waals surface area contributed by atoms with Crippen LogP contribution in [0.5, 0.6) is 0 Å². The predicted octanol–water partition coefficient (Wildman–Crippen LogP) is 0.150. The van der Waals surface area contributed by atoms with Crippen LogP contribution in [0.3, 0.4) is 0 Å². The Morgan fingerprint density at radius 3 is 2.33 bits per heavy atom. The summed E-state index contributed by atoms with van der Waals surface area (Å²) in [6.45, 7) is 11.6. The molecule has 1 rings (SSSR count). The van der Waals surface area contributed by atoms with Gasteiger partial charge in [-0.1, -0.05) is 6.92 Å². The molecule has 0 spiro atoms. The standard InChI is InChI=1S/C13H27N3O2/c1-11(2)18-9-8-15-4-6-16(7-5-15)13(17)12(3)10-14/h11-12H,4-10,14H2,1-3H3. The van der Waals surface area contributed by atoms with Gasteiger partial charge in [0.25, 0.3) is 0 Å². The summed E-state index contributed by atoms with van der Waals surface area (Å²) in [7, 11) is 0. The number of nitrogens with zero attached hydrogens (tertiary/aromatic N) is 2. The van der Waals surface area contributed by atoms with Gasteiger partial charge in [0.2, 0.25) is 5.91 Å². The molecule has 1 amide bonds. The Balaban J connectivity index is 2.22. The first-order valence-corrected chi connectivity index (χ1v) is 6.87. The molecule has 1 unspecified atom stereocenters. The SMILES string of the molecule is CC(C)OCCN1CCN(C(=O)C(C)CN)CC1. The molecule has 1 atom stereocenters. The number of amides is 1. The molecular formula is C13H27N3O2. The number of carbonyl (C=O) groups excluding carboxylic acids is 1. The number of piperazine rings is 1. The van der Waals surface area contributed by atoms with Gasteiger partial charge in [-0.3, -0.25) is 9.69 Å². The van der Waals surface area contributed by atoms with Gasteiger partial charge in [-0.15, -0.1) is 0 Å². The first kappa shape index (κ1) is 15.4. The zero-order valence-corrected chi connectivity index (χ0v) is 11.9. The van der Waals surface area contributed by atoms with E-state index in [1.54, 1.807) is 0 Å². The predicted molar refractivity (Wildman–Crippen MR) is 72.3 cm³/mol. The molecule has 0 radical (unpaired) electrons. The molecule has 1 saturated heterocycles. The molecule has 1 aliphatic heterocycles. The Hall–Kier alpha value is -0.650. The Labute approximate surface area is 110 Å². The van der Waals surface area contributed by atoms with Crippen molar-refractivity contribution in [1.29, 1.82) is 0 Å². The second kappa shape index (κ2) is 7.71. The van der Waals surface area contributed by atoms with Crippen molar-refractivity contribution >= 4 is 5.91 Å². The number of carbonyl (C=O) groups is 1. The Bertz CT molecular complexity index is 251. The number of ether oxygens (including phenoxy) is 1. The van der Waals surface area contributed by atoms with E-state index in [-0.39, 0.29) is 11.8 Å². The van der Waals surface area contributed by atoms with Gasteiger partial charge in [-0.25, -0.2) is 0 Å². The van der Waals surface area contributed by atoms with E-state index in [9.17, 15) is 4.79 Å². The van der Waals surface area contributed by atoms with Crippen LogP contribution in [0, 0.1) is 5.92 Å². The molecule has 5 nitrogen and oxygen atoms in total. The number of nitrogens with two attached hydrogens (primary N) is 1. The molecule has 0 aliphatic carbocycles. The van der Waals surface area contributed by atoms with Gasteiger partial charge in [0.1, 0.15) is 0 Å². The highest BCUT2D eigenvalue weighted by atomic mass is 16.5. The number of hydrogen-bond donors (Lipinski definition) is 1. The van der Waals surface area contributed by atoms with Gasteiger partial charge in [0, 0.05) is 45.2 Å². The lowest BCUT2D eigenvalue weighted by Crippen LogP contribution is -2.51. The van der Waals surface area contributed by atoms with E-state index < -0.39 is 0 Å². The summed E-state index contributed by atoms with van der Waals surface area (Å²) in [5, 5.41) is 0. The van der Waals surface area contributed by atoms with Crippen molar-refractivity contribution in [3.8, 4) is 0 Å². The second-order valence-corrected chi connectivity index (χ2v) is 5.22. The van der Waals surface area contributed by atoms with Gasteiger partial charge in [0.05, 0.1) is 12.7 Å². The van der Waals surface area contributed by atoms with Crippen LogP contribution in [-0.4, -0.2) is 67.7 Å². The van der Waals surface area contributed by atoms with Crippen molar-refractivity contribution in [2.75, 3.05) is 45.9 Å². The lowest BCUT2D eigenvalue weighted by atomic mass is 10.1. The molecule has 1 heterocycles. The topological polar surface area (TPSA) is 58.8 Å². The third-order valence-corrected chi connectivity index (χ3v) is 3.32. The summed E-state index contributed by atoms with van der Waals surface area (Å²) >= 11 is 0. The van der Waals surface area contributed by atoms with Crippen LogP contribution in [0.2, 0.25) is 0 Å². The fourth-order valence-electron chi connectivity index (χ4n) is 2.02. The summed E-state index contributed by atoms with van der Waals surface area (Å²) in [5.74, 6) is 0.136. The van der Waals surface area contributed by atoms with Crippen molar-refractivity contribution in [2.24, 2.45) is 11.7 Å². The molecule has 5 heteroatoms. The van der Waals surface area contributed by atoms with E-state index in [0.29, 0.717) is 12.6 Å². The van der Waals surface area contributed by atoms with Crippen LogP contribution in [-0.2, 0) is 9.53 Å². The largest absolute Gasteiger partial charge is 0.377 e. The van der Waals surface area contributed by atoms with Crippen LogP contribution in [0.25, 0.3) is 0 Å². The van der Waals surface area contributed by atoms with E-state index >= 15 is 0 Å². The van der Waals surface area contributed by atoms with Crippen LogP contribution >= 0.6 is 0 Å². The van der Waals surface area contributed by atoms with Crippen LogP contribution < -0.4 is 5.73 Å². The van der Waals surface area contributed by atoms with Crippen molar-refractivity contribution in [3.63, 3.8) is 0 Å². The zero-order valence-electron chi connectivity index (χ0n) is 11.9. The van der Waals surface area contributed by atoms with Crippen molar-refractivity contribution < 1.29 is 9.53 Å². The molecule has 0 bridgehead atoms. The first-order chi connectivity index (χ1) is 8.54. The Morgan fingerprint density at radius 2 is 1.83 bits per heavy atom. The van der Waals surface area contributed by atoms with E-state index in [0.717, 1.165) is 39.3 Å². The van der Waals surface area contributed by atoms with Crippen molar-refractivity contribution in [3.05, 3.63) is 0 Å². The highest BCUT2D eigenvalue weighted by Gasteiger charge is 2.23. The van der Waals surface area contributed by atoms with Crippen molar-refractivity contribution in [2.45, 2.75) is 26.9 Å². The fraction of sp³-hybridized carbons (Fsp3) is 0.923. The van der Waals surface area contributed by atoms with E-state index in [1.807, 2.05) is 25.7 Å². The summed E-state index contributed by atoms with van der Waals surface area (Å²) in [4.78, 5) is 16.2. The maximum Gasteiger partial charge on any atom is 0.226 e. The average molecular weight is 257 g/mol. The van der Waals surface area contributed by atoms with E-state index in [2.05, 4.69) is 4.90 Å². The van der Waals surface area contributed by atoms with Crippen molar-refractivity contribution in [1.82, 2.24) is 9.80 Å². The second-order valence-electron chi connectivity index (χ2n) is 5.22. The molecule has 0 saturated carbocycles. The summed E-state index contributed by atoms with van der Waals surface area (Å²) in [5.41, 5.74) is 5.53. The molecule has 0 aromatic heterocycles. The van der Waals surface area contributed by atoms with Gasteiger partial charge in [-0.2, -0.15) is 0 Å². The monoisotopic (exact) mass is 257 g/mol. The van der Waals surface area contributed by atoms with Gasteiger partial charge in [-0.05, 0) is 13.8 Å². The van der Waals surface area contributed by atoms with Crippen LogP contribution in [0.1, 0.15) is 20.8 Å². The smallest absolute Gasteiger partial charge is 0.226 e. The summed E-state index contributed by atoms with van der Waals surface area (Å²) in [6, 6.07) is 0. The molecule has 1 fully saturated rings. The molecule has 0 aromatic carbocycles. The summed E-state index contributed by atoms with van der Waals surface area (Å²) in [6.07, 6.45) is 0.290. The van der Waals surface area contributed by atoms with Gasteiger partial charge < -0.3 is 15.4 Å². The third-order valence-electron chi connectivity index (χ3n) is 3.32. The maximum atomic E-state index is 11.9. The Kier molecular flexibility index (Phi) is 6.60. The zero-order chi connectivity index (χ0) is 13.5. The third kappa shape index (κ3) is 4.92. The lowest BCUT2D eigenvalue weighted by molar-refractivity contribution is -0.136. The Morgan fingerprint density at radius 1 is 1.22 bits per heavy atom. The number of hydrogen-bond acceptors (Lipinski definition) is 4. The highest BCUT2D eigenvalue weighted by molar-refractivity contribution is 5.78. The quantitative estimate of drug-likeness (QED) is 0.736. The lowest BCUT2D eigenvalue weighted by Gasteiger charge is -2.35. The minimum Gasteiger partial charge on any atom is -0.377 e. The van der Waals surface area contributed by atoms with E-state index in [4.69, 9.17) is 10.5 Å². The number of rotatable bonds is 6. The first-order valence-electron chi connectivity index (χ1n) is 6.87. The highest BCUT2D eigenvalue weighted by Crippen LogP contribution is 2.06. The molecule has 1 aliphatic rings. The minimum absolute atomic E-state index is 0.0548. The molecule has 18 heavy (non-hydrogen) atoms. The van der Waals surface area contributed by atoms with Crippen LogP contribution in [0.4, 0.5) is 0 Å². The van der Waals surface area contributed by atoms with Gasteiger partial charge >= 0.3 is 0 Å². The normalized spacial score (nSPS) is 19.3. The molecule has 106 valence electrons. The van der Waals surface area contributed by atoms with Gasteiger partial charge in [0.15, 0.2) is 0 Å². The van der Waals surface area contributed by atoms with Crippen LogP contribution in [0.15, 0.2) is 0 Å². The molecule has 0 aromatic rings. The molecule has 2 N–H and O–H groups in total. The average Bonchev–Trinajstić information content (AvgIpc) is 2.37. The fourth-order valence-corrected chi connectivity index (χ4v) is 2.02. The minimum atomic E-state index is -0.0548. The molecular weight excluding hydrogens is 230 g/mol. The maximum absolute atomic E-state index is 11.9. The van der Waals surface area contributed by atoms with E-state index in [1.165, 1.54) is 0 Å². The summed E-state index contributed by atoms with van der Waals surface area (Å²) < 4.78 is 5.54.